The van der Waals surface area contributed by atoms with Crippen LogP contribution in [0.15, 0.2) is 54.6 Å². The molecule has 0 unspecified atom stereocenters. The lowest BCUT2D eigenvalue weighted by Gasteiger charge is -2.11. The van der Waals surface area contributed by atoms with Crippen molar-refractivity contribution < 1.29 is 17.9 Å². The fraction of sp³-hybridized carbons (Fsp3) is 0.350. The van der Waals surface area contributed by atoms with Crippen molar-refractivity contribution in [3.63, 3.8) is 0 Å². The van der Waals surface area contributed by atoms with Crippen molar-refractivity contribution in [1.82, 2.24) is 5.32 Å². The minimum Gasteiger partial charge on any atom is -0.457 e. The Kier molecular flexibility index (Phi) is 5.93. The summed E-state index contributed by atoms with van der Waals surface area (Å²) in [5.41, 5.74) is 0.886. The maximum Gasteiger partial charge on any atom is 0.235 e. The highest BCUT2D eigenvalue weighted by atomic mass is 32.2. The van der Waals surface area contributed by atoms with Gasteiger partial charge in [-0.2, -0.15) is 0 Å². The summed E-state index contributed by atoms with van der Waals surface area (Å²) < 4.78 is 30.1. The third-order valence-corrected chi connectivity index (χ3v) is 6.69. The summed E-state index contributed by atoms with van der Waals surface area (Å²) in [6.45, 7) is 0.296. The van der Waals surface area contributed by atoms with E-state index in [2.05, 4.69) is 5.32 Å². The SMILES string of the molecule is O=C(CS(=O)(=O)C1CCCC1)NCc1ccc(Oc2ccccc2)cc1. The van der Waals surface area contributed by atoms with Crippen LogP contribution in [0.5, 0.6) is 11.5 Å². The van der Waals surface area contributed by atoms with Crippen LogP contribution in [0, 0.1) is 0 Å². The van der Waals surface area contributed by atoms with E-state index in [1.165, 1.54) is 0 Å². The summed E-state index contributed by atoms with van der Waals surface area (Å²) in [7, 11) is -3.34. The molecule has 3 rings (SSSR count). The van der Waals surface area contributed by atoms with Gasteiger partial charge in [-0.15, -0.1) is 0 Å². The first-order valence-electron chi connectivity index (χ1n) is 8.83. The summed E-state index contributed by atoms with van der Waals surface area (Å²) >= 11 is 0. The van der Waals surface area contributed by atoms with Gasteiger partial charge in [0.25, 0.3) is 0 Å². The number of amides is 1. The Morgan fingerprint density at radius 2 is 1.58 bits per heavy atom. The molecular weight excluding hydrogens is 350 g/mol. The lowest BCUT2D eigenvalue weighted by molar-refractivity contribution is -0.118. The fourth-order valence-corrected chi connectivity index (χ4v) is 4.85. The van der Waals surface area contributed by atoms with Gasteiger partial charge in [0.05, 0.1) is 5.25 Å². The van der Waals surface area contributed by atoms with E-state index in [0.29, 0.717) is 25.1 Å². The standard InChI is InChI=1S/C20H23NO4S/c22-20(15-26(23,24)19-8-4-5-9-19)21-14-16-10-12-18(13-11-16)25-17-6-2-1-3-7-17/h1-3,6-7,10-13,19H,4-5,8-9,14-15H2,(H,21,22). The van der Waals surface area contributed by atoms with E-state index < -0.39 is 21.5 Å². The number of rotatable bonds is 7. The van der Waals surface area contributed by atoms with E-state index in [1.807, 2.05) is 54.6 Å². The smallest absolute Gasteiger partial charge is 0.235 e. The number of carbonyl (C=O) groups is 1. The van der Waals surface area contributed by atoms with Crippen molar-refractivity contribution in [2.75, 3.05) is 5.75 Å². The number of sulfone groups is 1. The topological polar surface area (TPSA) is 72.5 Å². The molecule has 0 saturated heterocycles. The second kappa shape index (κ2) is 8.36. The molecule has 0 atom stereocenters. The lowest BCUT2D eigenvalue weighted by atomic mass is 10.2. The molecule has 0 radical (unpaired) electrons. The second-order valence-electron chi connectivity index (χ2n) is 6.55. The number of carbonyl (C=O) groups excluding carboxylic acids is 1. The van der Waals surface area contributed by atoms with E-state index in [1.54, 1.807) is 0 Å². The highest BCUT2D eigenvalue weighted by molar-refractivity contribution is 7.92. The molecule has 138 valence electrons. The molecular formula is C20H23NO4S. The summed E-state index contributed by atoms with van der Waals surface area (Å²) in [6, 6.07) is 16.8. The van der Waals surface area contributed by atoms with Gasteiger partial charge in [0.15, 0.2) is 9.84 Å². The van der Waals surface area contributed by atoms with Crippen LogP contribution in [0.3, 0.4) is 0 Å². The van der Waals surface area contributed by atoms with Gasteiger partial charge in [-0.1, -0.05) is 43.2 Å². The van der Waals surface area contributed by atoms with Gasteiger partial charge in [0.2, 0.25) is 5.91 Å². The molecule has 2 aromatic carbocycles. The van der Waals surface area contributed by atoms with Crippen molar-refractivity contribution in [3.05, 3.63) is 60.2 Å². The molecule has 2 aromatic rings. The highest BCUT2D eigenvalue weighted by Crippen LogP contribution is 2.25. The maximum absolute atomic E-state index is 12.2. The molecule has 26 heavy (non-hydrogen) atoms. The predicted molar refractivity (Wildman–Crippen MR) is 101 cm³/mol. The largest absolute Gasteiger partial charge is 0.457 e. The van der Waals surface area contributed by atoms with Gasteiger partial charge in [-0.25, -0.2) is 8.42 Å². The molecule has 1 aliphatic carbocycles. The molecule has 1 N–H and O–H groups in total. The Morgan fingerprint density at radius 1 is 0.962 bits per heavy atom. The van der Waals surface area contributed by atoms with E-state index >= 15 is 0 Å². The van der Waals surface area contributed by atoms with Gasteiger partial charge < -0.3 is 10.1 Å². The van der Waals surface area contributed by atoms with E-state index in [0.717, 1.165) is 24.2 Å². The Balaban J connectivity index is 1.49. The molecule has 0 heterocycles. The number of benzene rings is 2. The van der Waals surface area contributed by atoms with Gasteiger partial charge >= 0.3 is 0 Å². The average molecular weight is 373 g/mol. The summed E-state index contributed by atoms with van der Waals surface area (Å²) in [5.74, 6) is 0.592. The Hall–Kier alpha value is -2.34. The minimum atomic E-state index is -3.34. The number of hydrogen-bond donors (Lipinski definition) is 1. The van der Waals surface area contributed by atoms with Crippen molar-refractivity contribution in [2.24, 2.45) is 0 Å². The number of hydrogen-bond acceptors (Lipinski definition) is 4. The van der Waals surface area contributed by atoms with Gasteiger partial charge in [-0.05, 0) is 42.7 Å². The monoisotopic (exact) mass is 373 g/mol. The van der Waals surface area contributed by atoms with Gasteiger partial charge in [-0.3, -0.25) is 4.79 Å². The zero-order valence-electron chi connectivity index (χ0n) is 14.6. The molecule has 0 aliphatic heterocycles. The van der Waals surface area contributed by atoms with E-state index in [4.69, 9.17) is 4.74 Å². The number of nitrogens with one attached hydrogen (secondary N) is 1. The van der Waals surface area contributed by atoms with E-state index in [-0.39, 0.29) is 5.25 Å². The normalized spacial score (nSPS) is 14.9. The number of ether oxygens (including phenoxy) is 1. The van der Waals surface area contributed by atoms with Crippen LogP contribution >= 0.6 is 0 Å². The van der Waals surface area contributed by atoms with Crippen molar-refractivity contribution in [2.45, 2.75) is 37.5 Å². The zero-order valence-corrected chi connectivity index (χ0v) is 15.4. The number of para-hydroxylation sites is 1. The second-order valence-corrected chi connectivity index (χ2v) is 8.83. The third kappa shape index (κ3) is 5.08. The first kappa shape index (κ1) is 18.5. The van der Waals surface area contributed by atoms with Crippen LogP contribution in [-0.2, 0) is 21.2 Å². The zero-order chi connectivity index (χ0) is 18.4. The first-order valence-corrected chi connectivity index (χ1v) is 10.5. The summed E-state index contributed by atoms with van der Waals surface area (Å²) in [6.07, 6.45) is 3.23. The molecule has 1 aliphatic rings. The molecule has 0 aromatic heterocycles. The molecule has 0 bridgehead atoms. The van der Waals surface area contributed by atoms with Gasteiger partial charge in [0.1, 0.15) is 17.3 Å². The Bertz CT molecular complexity index is 826. The van der Waals surface area contributed by atoms with Crippen LogP contribution in [0.2, 0.25) is 0 Å². The fourth-order valence-electron chi connectivity index (χ4n) is 3.10. The molecule has 6 heteroatoms. The third-order valence-electron chi connectivity index (χ3n) is 4.53. The highest BCUT2D eigenvalue weighted by Gasteiger charge is 2.30. The summed E-state index contributed by atoms with van der Waals surface area (Å²) in [5, 5.41) is 2.34. The van der Waals surface area contributed by atoms with Crippen molar-refractivity contribution in [3.8, 4) is 11.5 Å². The van der Waals surface area contributed by atoms with Crippen LogP contribution in [0.4, 0.5) is 0 Å². The molecule has 1 saturated carbocycles. The van der Waals surface area contributed by atoms with Crippen LogP contribution in [-0.4, -0.2) is 25.3 Å². The average Bonchev–Trinajstić information content (AvgIpc) is 3.17. The first-order chi connectivity index (χ1) is 12.5. The Labute approximate surface area is 154 Å². The molecule has 0 spiro atoms. The van der Waals surface area contributed by atoms with Crippen LogP contribution < -0.4 is 10.1 Å². The Morgan fingerprint density at radius 3 is 2.23 bits per heavy atom. The maximum atomic E-state index is 12.2. The molecule has 5 nitrogen and oxygen atoms in total. The molecule has 1 fully saturated rings. The van der Waals surface area contributed by atoms with Crippen molar-refractivity contribution in [1.29, 1.82) is 0 Å². The summed E-state index contributed by atoms with van der Waals surface area (Å²) in [4.78, 5) is 12.0. The lowest BCUT2D eigenvalue weighted by Crippen LogP contribution is -2.33. The van der Waals surface area contributed by atoms with Crippen LogP contribution in [0.1, 0.15) is 31.2 Å². The van der Waals surface area contributed by atoms with Crippen LogP contribution in [0.25, 0.3) is 0 Å². The predicted octanol–water partition coefficient (Wildman–Crippen LogP) is 3.45. The van der Waals surface area contributed by atoms with Crippen molar-refractivity contribution >= 4 is 15.7 Å². The quantitative estimate of drug-likeness (QED) is 0.807. The molecule has 1 amide bonds. The van der Waals surface area contributed by atoms with Gasteiger partial charge in [0, 0.05) is 6.54 Å². The minimum absolute atomic E-state index is 0.296. The van der Waals surface area contributed by atoms with E-state index in [9.17, 15) is 13.2 Å².